The van der Waals surface area contributed by atoms with E-state index in [-0.39, 0.29) is 29.8 Å². The molecule has 3 amide bonds. The first kappa shape index (κ1) is 19.0. The second kappa shape index (κ2) is 8.27. The van der Waals surface area contributed by atoms with Crippen molar-refractivity contribution in [3.8, 4) is 0 Å². The van der Waals surface area contributed by atoms with Crippen LogP contribution in [0.3, 0.4) is 0 Å². The van der Waals surface area contributed by atoms with Gasteiger partial charge in [0.25, 0.3) is 0 Å². The number of nitrogens with one attached hydrogen (secondary N) is 1. The fraction of sp³-hybridized carbons (Fsp3) is 0.842. The largest absolute Gasteiger partial charge is 0.481 e. The zero-order valence-corrected chi connectivity index (χ0v) is 15.7. The maximum absolute atomic E-state index is 13.0. The van der Waals surface area contributed by atoms with Gasteiger partial charge in [-0.25, -0.2) is 4.79 Å². The summed E-state index contributed by atoms with van der Waals surface area (Å²) >= 11 is 0. The van der Waals surface area contributed by atoms with Crippen molar-refractivity contribution in [2.75, 3.05) is 26.2 Å². The average Bonchev–Trinajstić information content (AvgIpc) is 3.13. The molecule has 26 heavy (non-hydrogen) atoms. The number of urea groups is 1. The maximum Gasteiger partial charge on any atom is 0.317 e. The first-order valence-electron chi connectivity index (χ1n) is 10.0. The lowest BCUT2D eigenvalue weighted by atomic mass is 9.88. The molecule has 0 bridgehead atoms. The molecule has 0 aromatic rings. The van der Waals surface area contributed by atoms with Crippen molar-refractivity contribution in [3.05, 3.63) is 0 Å². The van der Waals surface area contributed by atoms with Crippen LogP contribution in [0.15, 0.2) is 0 Å². The Morgan fingerprint density at radius 2 is 1.62 bits per heavy atom. The minimum atomic E-state index is -0.824. The van der Waals surface area contributed by atoms with Gasteiger partial charge in [0, 0.05) is 32.2 Å². The summed E-state index contributed by atoms with van der Waals surface area (Å²) < 4.78 is 0. The molecule has 2 aliphatic heterocycles. The van der Waals surface area contributed by atoms with Crippen molar-refractivity contribution in [2.45, 2.75) is 57.9 Å². The number of amides is 3. The molecule has 7 nitrogen and oxygen atoms in total. The summed E-state index contributed by atoms with van der Waals surface area (Å²) in [6, 6.07) is 0.225. The summed E-state index contributed by atoms with van der Waals surface area (Å²) in [7, 11) is 0. The molecule has 1 saturated carbocycles. The molecule has 3 aliphatic rings. The number of aliphatic carboxylic acids is 1. The molecule has 0 aromatic carbocycles. The van der Waals surface area contributed by atoms with Crippen LogP contribution in [0.5, 0.6) is 0 Å². The molecule has 3 fully saturated rings. The van der Waals surface area contributed by atoms with Crippen LogP contribution in [0.2, 0.25) is 0 Å². The van der Waals surface area contributed by atoms with Crippen LogP contribution in [0.25, 0.3) is 0 Å². The van der Waals surface area contributed by atoms with E-state index in [1.807, 2.05) is 6.92 Å². The number of carbonyl (C=O) groups is 3. The van der Waals surface area contributed by atoms with Crippen molar-refractivity contribution >= 4 is 17.9 Å². The van der Waals surface area contributed by atoms with E-state index in [0.717, 1.165) is 25.7 Å². The number of carboxylic acid groups (broad SMARTS) is 1. The SMILES string of the molecule is CC1CC(C(=O)O)CN(C(=O)C2CCCN(C(=O)NC3CCCC3)C2)C1. The van der Waals surface area contributed by atoms with Crippen molar-refractivity contribution in [2.24, 2.45) is 17.8 Å². The van der Waals surface area contributed by atoms with Gasteiger partial charge in [-0.3, -0.25) is 9.59 Å². The Morgan fingerprint density at radius 1 is 0.923 bits per heavy atom. The third-order valence-electron chi connectivity index (χ3n) is 6.06. The highest BCUT2D eigenvalue weighted by atomic mass is 16.4. The van der Waals surface area contributed by atoms with E-state index in [4.69, 9.17) is 0 Å². The summed E-state index contributed by atoms with van der Waals surface area (Å²) in [6.45, 7) is 4.05. The average molecular weight is 365 g/mol. The van der Waals surface area contributed by atoms with Crippen LogP contribution in [-0.2, 0) is 9.59 Å². The first-order valence-corrected chi connectivity index (χ1v) is 10.0. The Balaban J connectivity index is 1.56. The molecule has 2 heterocycles. The summed E-state index contributed by atoms with van der Waals surface area (Å²) in [5.41, 5.74) is 0. The van der Waals surface area contributed by atoms with E-state index in [2.05, 4.69) is 5.32 Å². The Morgan fingerprint density at radius 3 is 2.31 bits per heavy atom. The highest BCUT2D eigenvalue weighted by Gasteiger charge is 2.37. The number of carbonyl (C=O) groups excluding carboxylic acids is 2. The maximum atomic E-state index is 13.0. The predicted octanol–water partition coefficient (Wildman–Crippen LogP) is 1.92. The normalized spacial score (nSPS) is 30.3. The number of nitrogens with zero attached hydrogens (tertiary/aromatic N) is 2. The molecule has 2 saturated heterocycles. The zero-order valence-electron chi connectivity index (χ0n) is 15.7. The molecule has 0 aromatic heterocycles. The standard InChI is InChI=1S/C19H31N3O4/c1-13-9-15(18(24)25)12-22(10-13)17(23)14-5-4-8-21(11-14)19(26)20-16-6-2-3-7-16/h13-16H,2-12H2,1H3,(H,20,26)(H,24,25). The molecule has 146 valence electrons. The van der Waals surface area contributed by atoms with Crippen LogP contribution in [0.4, 0.5) is 4.79 Å². The summed E-state index contributed by atoms with van der Waals surface area (Å²) in [4.78, 5) is 40.3. The Hall–Kier alpha value is -1.79. The van der Waals surface area contributed by atoms with E-state index >= 15 is 0 Å². The third kappa shape index (κ3) is 4.48. The van der Waals surface area contributed by atoms with Crippen LogP contribution in [0, 0.1) is 17.8 Å². The number of hydrogen-bond donors (Lipinski definition) is 2. The molecule has 3 atom stereocenters. The Kier molecular flexibility index (Phi) is 6.04. The van der Waals surface area contributed by atoms with Gasteiger partial charge < -0.3 is 20.2 Å². The van der Waals surface area contributed by atoms with Gasteiger partial charge in [0.2, 0.25) is 5.91 Å². The molecule has 0 radical (unpaired) electrons. The van der Waals surface area contributed by atoms with Crippen LogP contribution >= 0.6 is 0 Å². The number of hydrogen-bond acceptors (Lipinski definition) is 3. The topological polar surface area (TPSA) is 90.0 Å². The predicted molar refractivity (Wildman–Crippen MR) is 96.6 cm³/mol. The van der Waals surface area contributed by atoms with Gasteiger partial charge in [0.1, 0.15) is 0 Å². The molecular formula is C19H31N3O4. The second-order valence-corrected chi connectivity index (χ2v) is 8.34. The Bertz CT molecular complexity index is 547. The first-order chi connectivity index (χ1) is 12.4. The van der Waals surface area contributed by atoms with E-state index in [1.54, 1.807) is 9.80 Å². The van der Waals surface area contributed by atoms with Gasteiger partial charge in [-0.05, 0) is 38.0 Å². The summed E-state index contributed by atoms with van der Waals surface area (Å²) in [6.07, 6.45) is 6.65. The van der Waals surface area contributed by atoms with E-state index in [0.29, 0.717) is 32.6 Å². The van der Waals surface area contributed by atoms with Crippen molar-refractivity contribution in [1.82, 2.24) is 15.1 Å². The number of carboxylic acids is 1. The molecule has 3 unspecified atom stereocenters. The van der Waals surface area contributed by atoms with Crippen molar-refractivity contribution in [1.29, 1.82) is 0 Å². The molecule has 1 aliphatic carbocycles. The molecular weight excluding hydrogens is 334 g/mol. The molecule has 2 N–H and O–H groups in total. The van der Waals surface area contributed by atoms with Crippen LogP contribution < -0.4 is 5.32 Å². The van der Waals surface area contributed by atoms with Gasteiger partial charge in [-0.2, -0.15) is 0 Å². The van der Waals surface area contributed by atoms with Gasteiger partial charge in [0.05, 0.1) is 11.8 Å². The number of likely N-dealkylation sites (tertiary alicyclic amines) is 2. The summed E-state index contributed by atoms with van der Waals surface area (Å²) in [5, 5.41) is 12.4. The fourth-order valence-electron chi connectivity index (χ4n) is 4.67. The molecule has 0 spiro atoms. The quantitative estimate of drug-likeness (QED) is 0.799. The minimum absolute atomic E-state index is 0.0150. The molecule has 7 heteroatoms. The minimum Gasteiger partial charge on any atom is -0.481 e. The van der Waals surface area contributed by atoms with Crippen LogP contribution in [0.1, 0.15) is 51.9 Å². The van der Waals surface area contributed by atoms with E-state index < -0.39 is 11.9 Å². The highest BCUT2D eigenvalue weighted by Crippen LogP contribution is 2.26. The van der Waals surface area contributed by atoms with Gasteiger partial charge in [0.15, 0.2) is 0 Å². The third-order valence-corrected chi connectivity index (χ3v) is 6.06. The second-order valence-electron chi connectivity index (χ2n) is 8.34. The molecule has 3 rings (SSSR count). The van der Waals surface area contributed by atoms with Crippen molar-refractivity contribution < 1.29 is 19.5 Å². The van der Waals surface area contributed by atoms with Crippen molar-refractivity contribution in [3.63, 3.8) is 0 Å². The fourth-order valence-corrected chi connectivity index (χ4v) is 4.67. The number of rotatable bonds is 3. The lowest BCUT2D eigenvalue weighted by molar-refractivity contribution is -0.148. The number of piperidine rings is 2. The monoisotopic (exact) mass is 365 g/mol. The van der Waals surface area contributed by atoms with E-state index in [9.17, 15) is 19.5 Å². The zero-order chi connectivity index (χ0) is 18.7. The van der Waals surface area contributed by atoms with E-state index in [1.165, 1.54) is 12.8 Å². The van der Waals surface area contributed by atoms with Gasteiger partial charge >= 0.3 is 12.0 Å². The van der Waals surface area contributed by atoms with Gasteiger partial charge in [-0.1, -0.05) is 19.8 Å². The van der Waals surface area contributed by atoms with Gasteiger partial charge in [-0.15, -0.1) is 0 Å². The highest BCUT2D eigenvalue weighted by molar-refractivity contribution is 5.82. The van der Waals surface area contributed by atoms with Crippen LogP contribution in [-0.4, -0.2) is 65.0 Å². The lowest BCUT2D eigenvalue weighted by Gasteiger charge is -2.39. The Labute approximate surface area is 155 Å². The lowest BCUT2D eigenvalue weighted by Crippen LogP contribution is -2.53. The smallest absolute Gasteiger partial charge is 0.317 e. The summed E-state index contributed by atoms with van der Waals surface area (Å²) in [5.74, 6) is -1.30.